The minimum atomic E-state index is -1.55. The number of aromatic nitrogens is 4. The maximum absolute atomic E-state index is 15.6. The first-order valence-corrected chi connectivity index (χ1v) is 12.4. The van der Waals surface area contributed by atoms with E-state index >= 15 is 4.39 Å². The number of primary amides is 1. The zero-order chi connectivity index (χ0) is 26.9. The summed E-state index contributed by atoms with van der Waals surface area (Å²) in [6.45, 7) is 0.323. The van der Waals surface area contributed by atoms with Gasteiger partial charge in [0.1, 0.15) is 17.7 Å². The zero-order valence-electron chi connectivity index (χ0n) is 20.7. The van der Waals surface area contributed by atoms with Crippen molar-refractivity contribution < 1.29 is 23.8 Å². The Morgan fingerprint density at radius 1 is 1.29 bits per heavy atom. The van der Waals surface area contributed by atoms with Crippen molar-refractivity contribution in [2.24, 2.45) is 5.73 Å². The summed E-state index contributed by atoms with van der Waals surface area (Å²) >= 11 is 0. The smallest absolute Gasteiger partial charge is 0.231 e. The van der Waals surface area contributed by atoms with E-state index in [9.17, 15) is 19.4 Å². The molecule has 38 heavy (non-hydrogen) atoms. The molecule has 13 heteroatoms. The van der Waals surface area contributed by atoms with E-state index in [1.54, 1.807) is 45.1 Å². The van der Waals surface area contributed by atoms with Crippen molar-refractivity contribution in [2.75, 3.05) is 36.4 Å². The molecule has 202 valence electrons. The number of benzene rings is 1. The number of aliphatic hydroxyl groups excluding tert-OH is 1. The van der Waals surface area contributed by atoms with Gasteiger partial charge in [-0.15, -0.1) is 0 Å². The number of β-amino-alcohol motifs (C(OH)–C–C–N with tert-alkyl or cyclic N) is 1. The van der Waals surface area contributed by atoms with Crippen molar-refractivity contribution in [1.82, 2.24) is 24.6 Å². The molecule has 5 N–H and O–H groups in total. The van der Waals surface area contributed by atoms with Gasteiger partial charge in [0.05, 0.1) is 18.3 Å². The van der Waals surface area contributed by atoms with E-state index in [4.69, 9.17) is 5.73 Å². The number of anilines is 2. The van der Waals surface area contributed by atoms with Crippen LogP contribution in [0.2, 0.25) is 0 Å². The third kappa shape index (κ3) is 5.59. The fourth-order valence-electron chi connectivity index (χ4n) is 4.69. The highest BCUT2D eigenvalue weighted by Crippen LogP contribution is 2.35. The predicted octanol–water partition coefficient (Wildman–Crippen LogP) is 0.804. The number of nitrogens with two attached hydrogens (primary N) is 1. The molecule has 2 atom stereocenters. The van der Waals surface area contributed by atoms with Crippen LogP contribution in [0, 0.1) is 11.6 Å². The third-order valence-corrected chi connectivity index (χ3v) is 7.03. The van der Waals surface area contributed by atoms with Gasteiger partial charge in [-0.05, 0) is 37.5 Å². The Kier molecular flexibility index (Phi) is 7.23. The van der Waals surface area contributed by atoms with Crippen LogP contribution in [0.1, 0.15) is 24.8 Å². The highest BCUT2D eigenvalue weighted by Gasteiger charge is 2.41. The number of hydrogen-bond donors (Lipinski definition) is 4. The first-order chi connectivity index (χ1) is 18.2. The summed E-state index contributed by atoms with van der Waals surface area (Å²) in [5.41, 5.74) is 4.63. The number of piperidine rings is 1. The van der Waals surface area contributed by atoms with Gasteiger partial charge in [0.2, 0.25) is 11.7 Å². The number of nitrogens with zero attached hydrogens (tertiary/aromatic N) is 6. The Morgan fingerprint density at radius 2 is 2.11 bits per heavy atom. The Hall–Kier alpha value is -3.68. The minimum absolute atomic E-state index is 0.0121. The number of amides is 1. The van der Waals surface area contributed by atoms with Crippen LogP contribution in [-0.2, 0) is 11.3 Å². The molecule has 1 amide bonds. The van der Waals surface area contributed by atoms with Crippen LogP contribution in [-0.4, -0.2) is 84.7 Å². The van der Waals surface area contributed by atoms with Crippen LogP contribution in [0.15, 0.2) is 43.0 Å². The maximum Gasteiger partial charge on any atom is 0.231 e. The average molecular weight is 529 g/mol. The van der Waals surface area contributed by atoms with Gasteiger partial charge in [0.25, 0.3) is 0 Å². The molecule has 1 aliphatic carbocycles. The fourth-order valence-corrected chi connectivity index (χ4v) is 4.69. The molecule has 2 fully saturated rings. The van der Waals surface area contributed by atoms with Crippen molar-refractivity contribution in [3.63, 3.8) is 0 Å². The number of carbonyl (C=O) groups is 1. The molecule has 11 nitrogen and oxygen atoms in total. The van der Waals surface area contributed by atoms with Crippen LogP contribution in [0.3, 0.4) is 0 Å². The molecule has 1 aromatic carbocycles. The van der Waals surface area contributed by atoms with Gasteiger partial charge >= 0.3 is 0 Å². The monoisotopic (exact) mass is 528 g/mol. The molecule has 3 aromatic rings. The van der Waals surface area contributed by atoms with Crippen LogP contribution in [0.4, 0.5) is 20.4 Å². The maximum atomic E-state index is 15.6. The summed E-state index contributed by atoms with van der Waals surface area (Å²) in [6, 6.07) is 6.55. The molecule has 5 rings (SSSR count). The van der Waals surface area contributed by atoms with Gasteiger partial charge < -0.3 is 26.2 Å². The van der Waals surface area contributed by atoms with Gasteiger partial charge in [-0.3, -0.25) is 9.69 Å². The summed E-state index contributed by atoms with van der Waals surface area (Å²) in [7, 11) is 0. The van der Waals surface area contributed by atoms with Crippen LogP contribution < -0.4 is 16.0 Å². The van der Waals surface area contributed by atoms with Gasteiger partial charge in [-0.2, -0.15) is 9.49 Å². The van der Waals surface area contributed by atoms with Gasteiger partial charge in [-0.1, -0.05) is 6.07 Å². The molecule has 2 unspecified atom stereocenters. The van der Waals surface area contributed by atoms with E-state index < -0.39 is 29.2 Å². The lowest BCUT2D eigenvalue weighted by molar-refractivity contribution is -0.127. The van der Waals surface area contributed by atoms with E-state index in [0.29, 0.717) is 17.8 Å². The average Bonchev–Trinajstić information content (AvgIpc) is 3.57. The number of hydrogen-bond acceptors (Lipinski definition) is 9. The lowest BCUT2D eigenvalue weighted by atomic mass is 9.88. The van der Waals surface area contributed by atoms with E-state index in [-0.39, 0.29) is 50.3 Å². The first kappa shape index (κ1) is 25.9. The largest absolute Gasteiger partial charge is 0.389 e. The molecule has 2 aliphatic rings. The molecule has 3 heterocycles. The van der Waals surface area contributed by atoms with Crippen LogP contribution in [0.25, 0.3) is 5.69 Å². The highest BCUT2D eigenvalue weighted by atomic mass is 19.1. The molecular weight excluding hydrogens is 498 g/mol. The normalized spacial score (nSPS) is 21.8. The Morgan fingerprint density at radius 3 is 2.76 bits per heavy atom. The van der Waals surface area contributed by atoms with Crippen molar-refractivity contribution in [2.45, 2.75) is 43.6 Å². The van der Waals surface area contributed by atoms with E-state index in [2.05, 4.69) is 20.4 Å². The third-order valence-electron chi connectivity index (χ3n) is 7.03. The quantitative estimate of drug-likeness (QED) is 0.300. The molecule has 2 aromatic heterocycles. The summed E-state index contributed by atoms with van der Waals surface area (Å²) in [5, 5.41) is 28.4. The molecule has 1 aliphatic heterocycles. The Bertz CT molecular complexity index is 1290. The molecule has 1 saturated carbocycles. The number of likely N-dealkylation sites (tertiary alicyclic amines) is 1. The SMILES string of the molecule is NC(=O)CN1CCC(O)(CNc2ncnc(N(Cc3ccc(-n4cccn4)cc3F)C3CC3)c2F)C(O)C1. The van der Waals surface area contributed by atoms with E-state index in [1.165, 1.54) is 12.4 Å². The molecular formula is C25H30F2N8O3. The standard InChI is InChI=1S/C25H30F2N8O3/c26-19-10-18(35-8-1-7-32-35)3-2-16(19)11-34(17-4-5-17)24-22(27)23(30-15-31-24)29-14-25(38)6-9-33(12-20(25)36)13-21(28)37/h1-3,7-8,10,15,17,20,36,38H,4-6,9,11-14H2,(H2,28,37)(H,29,30,31). The fraction of sp³-hybridized carbons (Fsp3) is 0.440. The summed E-state index contributed by atoms with van der Waals surface area (Å²) in [6.07, 6.45) is 5.16. The highest BCUT2D eigenvalue weighted by molar-refractivity contribution is 5.75. The number of carbonyl (C=O) groups excluding carboxylic acids is 1. The van der Waals surface area contributed by atoms with Crippen LogP contribution in [0.5, 0.6) is 0 Å². The molecule has 1 saturated heterocycles. The molecule has 0 bridgehead atoms. The summed E-state index contributed by atoms with van der Waals surface area (Å²) in [5.74, 6) is -1.78. The van der Waals surface area contributed by atoms with Crippen LogP contribution >= 0.6 is 0 Å². The van der Waals surface area contributed by atoms with Crippen molar-refractivity contribution in [3.05, 3.63) is 60.2 Å². The number of aliphatic hydroxyl groups is 2. The van der Waals surface area contributed by atoms with Crippen molar-refractivity contribution in [3.8, 4) is 5.69 Å². The predicted molar refractivity (Wildman–Crippen MR) is 134 cm³/mol. The number of nitrogens with one attached hydrogen (secondary N) is 1. The van der Waals surface area contributed by atoms with Gasteiger partial charge in [0, 0.05) is 50.2 Å². The zero-order valence-corrected chi connectivity index (χ0v) is 20.7. The number of halogens is 2. The second-order valence-electron chi connectivity index (χ2n) is 9.87. The summed E-state index contributed by atoms with van der Waals surface area (Å²) in [4.78, 5) is 22.7. The lowest BCUT2D eigenvalue weighted by Gasteiger charge is -2.41. The Balaban J connectivity index is 1.30. The second kappa shape index (κ2) is 10.6. The second-order valence-corrected chi connectivity index (χ2v) is 9.87. The van der Waals surface area contributed by atoms with Gasteiger partial charge in [0.15, 0.2) is 11.6 Å². The molecule has 0 radical (unpaired) electrons. The van der Waals surface area contributed by atoms with E-state index in [0.717, 1.165) is 12.8 Å². The number of rotatable bonds is 10. The first-order valence-electron chi connectivity index (χ1n) is 12.4. The van der Waals surface area contributed by atoms with E-state index in [1.807, 2.05) is 0 Å². The Labute approximate surface area is 217 Å². The van der Waals surface area contributed by atoms with Gasteiger partial charge in [-0.25, -0.2) is 19.0 Å². The van der Waals surface area contributed by atoms with Crippen molar-refractivity contribution >= 4 is 17.5 Å². The minimum Gasteiger partial charge on any atom is -0.389 e. The topological polar surface area (TPSA) is 146 Å². The summed E-state index contributed by atoms with van der Waals surface area (Å²) < 4.78 is 32.2. The molecule has 0 spiro atoms. The van der Waals surface area contributed by atoms with Crippen molar-refractivity contribution in [1.29, 1.82) is 0 Å². The lowest BCUT2D eigenvalue weighted by Crippen LogP contribution is -2.59.